The first-order valence-electron chi connectivity index (χ1n) is 11.5. The topological polar surface area (TPSA) is 61.5 Å². The highest BCUT2D eigenvalue weighted by Crippen LogP contribution is 2.50. The van der Waals surface area contributed by atoms with E-state index in [1.54, 1.807) is 18.0 Å². The quantitative estimate of drug-likeness (QED) is 0.244. The molecule has 0 spiro atoms. The third-order valence-electron chi connectivity index (χ3n) is 6.67. The van der Waals surface area contributed by atoms with Crippen LogP contribution < -0.4 is 9.47 Å². The molecule has 0 radical (unpaired) electrons. The summed E-state index contributed by atoms with van der Waals surface area (Å²) < 4.78 is 14.5. The SMILES string of the molecule is COc1ccc([C@@H]2c3c(ccc4ccccc34)Oc3ncn4nc(-c5ccccc5Br)nc4c32)cc1. The van der Waals surface area contributed by atoms with Gasteiger partial charge in [-0.1, -0.05) is 70.5 Å². The van der Waals surface area contributed by atoms with Crippen LogP contribution in [0.5, 0.6) is 17.4 Å². The second kappa shape index (κ2) is 8.17. The van der Waals surface area contributed by atoms with Crippen LogP contribution in [-0.2, 0) is 0 Å². The highest BCUT2D eigenvalue weighted by molar-refractivity contribution is 9.10. The Morgan fingerprint density at radius 1 is 0.889 bits per heavy atom. The van der Waals surface area contributed by atoms with Crippen LogP contribution in [0, 0.1) is 0 Å². The van der Waals surface area contributed by atoms with E-state index < -0.39 is 0 Å². The van der Waals surface area contributed by atoms with Crippen LogP contribution in [0.3, 0.4) is 0 Å². The first-order valence-corrected chi connectivity index (χ1v) is 12.3. The zero-order valence-corrected chi connectivity index (χ0v) is 20.8. The number of hydrogen-bond donors (Lipinski definition) is 0. The maximum absolute atomic E-state index is 6.40. The molecule has 3 heterocycles. The van der Waals surface area contributed by atoms with Crippen molar-refractivity contribution in [2.45, 2.75) is 5.92 Å². The molecule has 4 aromatic carbocycles. The molecule has 0 saturated heterocycles. The van der Waals surface area contributed by atoms with Gasteiger partial charge in [0, 0.05) is 21.5 Å². The highest BCUT2D eigenvalue weighted by Gasteiger charge is 2.34. The van der Waals surface area contributed by atoms with Crippen LogP contribution in [-0.4, -0.2) is 26.7 Å². The van der Waals surface area contributed by atoms with Crippen molar-refractivity contribution in [2.75, 3.05) is 7.11 Å². The Bertz CT molecular complexity index is 1780. The fraction of sp³-hybridized carbons (Fsp3) is 0.0690. The lowest BCUT2D eigenvalue weighted by Gasteiger charge is -2.29. The van der Waals surface area contributed by atoms with E-state index in [-0.39, 0.29) is 5.92 Å². The van der Waals surface area contributed by atoms with Crippen molar-refractivity contribution in [2.24, 2.45) is 0 Å². The molecule has 174 valence electrons. The summed E-state index contributed by atoms with van der Waals surface area (Å²) in [5.41, 5.74) is 4.70. The van der Waals surface area contributed by atoms with E-state index in [4.69, 9.17) is 19.6 Å². The Morgan fingerprint density at radius 2 is 1.69 bits per heavy atom. The van der Waals surface area contributed by atoms with Crippen LogP contribution in [0.2, 0.25) is 0 Å². The monoisotopic (exact) mass is 534 g/mol. The van der Waals surface area contributed by atoms with Crippen LogP contribution in [0.1, 0.15) is 22.6 Å². The number of benzene rings is 4. The number of nitrogens with zero attached hydrogens (tertiary/aromatic N) is 4. The molecular weight excluding hydrogens is 516 g/mol. The molecule has 0 aliphatic carbocycles. The minimum Gasteiger partial charge on any atom is -0.497 e. The van der Waals surface area contributed by atoms with Crippen molar-refractivity contribution in [1.82, 2.24) is 19.6 Å². The minimum atomic E-state index is -0.159. The van der Waals surface area contributed by atoms with Gasteiger partial charge in [0.2, 0.25) is 5.88 Å². The largest absolute Gasteiger partial charge is 0.497 e. The van der Waals surface area contributed by atoms with Crippen molar-refractivity contribution in [3.63, 3.8) is 0 Å². The Kier molecular flexibility index (Phi) is 4.79. The van der Waals surface area contributed by atoms with Crippen molar-refractivity contribution < 1.29 is 9.47 Å². The average molecular weight is 535 g/mol. The fourth-order valence-corrected chi connectivity index (χ4v) is 5.45. The average Bonchev–Trinajstić information content (AvgIpc) is 3.36. The summed E-state index contributed by atoms with van der Waals surface area (Å²) in [6.07, 6.45) is 1.67. The first-order chi connectivity index (χ1) is 17.7. The van der Waals surface area contributed by atoms with Crippen LogP contribution >= 0.6 is 15.9 Å². The number of fused-ring (bicyclic) bond motifs is 6. The van der Waals surface area contributed by atoms with Crippen molar-refractivity contribution in [3.05, 3.63) is 112 Å². The molecule has 7 heteroatoms. The summed E-state index contributed by atoms with van der Waals surface area (Å²) in [7, 11) is 1.68. The summed E-state index contributed by atoms with van der Waals surface area (Å²) in [6, 6.07) is 28.6. The summed E-state index contributed by atoms with van der Waals surface area (Å²) >= 11 is 3.63. The number of methoxy groups -OCH3 is 1. The fourth-order valence-electron chi connectivity index (χ4n) is 4.99. The number of hydrogen-bond acceptors (Lipinski definition) is 5. The van der Waals surface area contributed by atoms with Crippen LogP contribution in [0.4, 0.5) is 0 Å². The summed E-state index contributed by atoms with van der Waals surface area (Å²) in [5.74, 6) is 2.60. The van der Waals surface area contributed by atoms with Crippen LogP contribution in [0.15, 0.2) is 95.7 Å². The van der Waals surface area contributed by atoms with Crippen molar-refractivity contribution in [1.29, 1.82) is 0 Å². The van der Waals surface area contributed by atoms with E-state index in [0.29, 0.717) is 17.4 Å². The molecule has 2 aromatic heterocycles. The zero-order valence-electron chi connectivity index (χ0n) is 19.2. The predicted molar refractivity (Wildman–Crippen MR) is 142 cm³/mol. The normalized spacial score (nSPS) is 14.3. The van der Waals surface area contributed by atoms with E-state index in [1.165, 1.54) is 0 Å². The van der Waals surface area contributed by atoms with Gasteiger partial charge in [0.05, 0.1) is 12.7 Å². The van der Waals surface area contributed by atoms with E-state index in [1.807, 2.05) is 42.5 Å². The lowest BCUT2D eigenvalue weighted by molar-refractivity contribution is 0.414. The molecular formula is C29H19BrN4O2. The molecule has 1 atom stereocenters. The third kappa shape index (κ3) is 3.20. The summed E-state index contributed by atoms with van der Waals surface area (Å²) in [4.78, 5) is 9.66. The molecule has 0 amide bonds. The molecule has 6 nitrogen and oxygen atoms in total. The standard InChI is InChI=1S/C29H19BrN4O2/c1-35-19-13-10-18(11-14-19)24-25-20-7-3-2-6-17(20)12-15-23(25)36-29-26(24)28-32-27(33-34(28)16-31-29)21-8-4-5-9-22(21)30/h2-16,24H,1H3/t24-/m1/s1. The molecule has 1 aliphatic rings. The summed E-state index contributed by atoms with van der Waals surface area (Å²) in [6.45, 7) is 0. The number of halogens is 1. The predicted octanol–water partition coefficient (Wildman–Crippen LogP) is 7.00. The lowest BCUT2D eigenvalue weighted by atomic mass is 9.81. The maximum Gasteiger partial charge on any atom is 0.228 e. The summed E-state index contributed by atoms with van der Waals surface area (Å²) in [5, 5.41) is 7.05. The maximum atomic E-state index is 6.40. The van der Waals surface area contributed by atoms with E-state index in [2.05, 4.69) is 63.4 Å². The molecule has 1 aliphatic heterocycles. The van der Waals surface area contributed by atoms with Gasteiger partial charge >= 0.3 is 0 Å². The first kappa shape index (κ1) is 21.1. The smallest absolute Gasteiger partial charge is 0.228 e. The Morgan fingerprint density at radius 3 is 2.53 bits per heavy atom. The molecule has 36 heavy (non-hydrogen) atoms. The lowest BCUT2D eigenvalue weighted by Crippen LogP contribution is -2.15. The molecule has 0 N–H and O–H groups in total. The Labute approximate surface area is 215 Å². The molecule has 6 aromatic rings. The van der Waals surface area contributed by atoms with Gasteiger partial charge in [0.1, 0.15) is 17.8 Å². The van der Waals surface area contributed by atoms with E-state index >= 15 is 0 Å². The van der Waals surface area contributed by atoms with E-state index in [0.717, 1.165) is 49.0 Å². The Hall–Kier alpha value is -4.23. The molecule has 7 rings (SSSR count). The van der Waals surface area contributed by atoms with E-state index in [9.17, 15) is 0 Å². The van der Waals surface area contributed by atoms with Crippen LogP contribution in [0.25, 0.3) is 27.8 Å². The molecule has 0 saturated carbocycles. The highest BCUT2D eigenvalue weighted by atomic mass is 79.9. The van der Waals surface area contributed by atoms with Gasteiger partial charge in [-0.2, -0.15) is 0 Å². The van der Waals surface area contributed by atoms with Crippen molar-refractivity contribution >= 4 is 32.3 Å². The van der Waals surface area contributed by atoms with Gasteiger partial charge < -0.3 is 9.47 Å². The van der Waals surface area contributed by atoms with Gasteiger partial charge in [0.25, 0.3) is 0 Å². The second-order valence-electron chi connectivity index (χ2n) is 8.65. The van der Waals surface area contributed by atoms with Gasteiger partial charge in [-0.15, -0.1) is 5.10 Å². The Balaban J connectivity index is 1.53. The number of aromatic nitrogens is 4. The molecule has 0 fully saturated rings. The van der Waals surface area contributed by atoms with Gasteiger partial charge in [-0.3, -0.25) is 0 Å². The molecule has 0 bridgehead atoms. The van der Waals surface area contributed by atoms with Gasteiger partial charge in [-0.25, -0.2) is 14.5 Å². The van der Waals surface area contributed by atoms with Gasteiger partial charge in [0.15, 0.2) is 11.5 Å². The number of ether oxygens (including phenoxy) is 2. The second-order valence-corrected chi connectivity index (χ2v) is 9.51. The number of rotatable bonds is 3. The molecule has 0 unspecified atom stereocenters. The zero-order chi connectivity index (χ0) is 24.2. The van der Waals surface area contributed by atoms with Gasteiger partial charge in [-0.05, 0) is 46.7 Å². The minimum absolute atomic E-state index is 0.159. The third-order valence-corrected chi connectivity index (χ3v) is 7.36. The van der Waals surface area contributed by atoms with Crippen molar-refractivity contribution in [3.8, 4) is 28.8 Å².